The topological polar surface area (TPSA) is 41.6 Å². The fraction of sp³-hybridized carbons (Fsp3) is 0.562. The molecule has 1 amide bonds. The normalized spacial score (nSPS) is 29.6. The van der Waals surface area contributed by atoms with Crippen LogP contribution in [0.3, 0.4) is 0 Å². The average molecular weight is 292 g/mol. The Morgan fingerprint density at radius 2 is 2.10 bits per heavy atom. The first-order valence-electron chi connectivity index (χ1n) is 7.56. The Hall–Kier alpha value is -1.46. The van der Waals surface area contributed by atoms with Crippen LogP contribution in [-0.2, 0) is 9.53 Å². The Bertz CT molecular complexity index is 500. The summed E-state index contributed by atoms with van der Waals surface area (Å²) in [5.41, 5.74) is 0.917. The lowest BCUT2D eigenvalue weighted by Crippen LogP contribution is -2.51. The van der Waals surface area contributed by atoms with Crippen molar-refractivity contribution < 1.29 is 13.9 Å². The second-order valence-electron chi connectivity index (χ2n) is 5.88. The van der Waals surface area contributed by atoms with Crippen LogP contribution in [0.4, 0.5) is 4.39 Å². The van der Waals surface area contributed by atoms with Crippen LogP contribution in [0.5, 0.6) is 0 Å². The van der Waals surface area contributed by atoms with Gasteiger partial charge in [-0.2, -0.15) is 0 Å². The van der Waals surface area contributed by atoms with Gasteiger partial charge in [-0.1, -0.05) is 12.1 Å². The predicted molar refractivity (Wildman–Crippen MR) is 77.3 cm³/mol. The second kappa shape index (κ2) is 6.12. The summed E-state index contributed by atoms with van der Waals surface area (Å²) in [7, 11) is 0. The molecule has 3 atom stereocenters. The van der Waals surface area contributed by atoms with Gasteiger partial charge in [0.1, 0.15) is 11.9 Å². The molecule has 1 aromatic rings. The number of ether oxygens (including phenoxy) is 1. The zero-order valence-corrected chi connectivity index (χ0v) is 12.2. The van der Waals surface area contributed by atoms with Gasteiger partial charge >= 0.3 is 0 Å². The molecule has 114 valence electrons. The molecule has 2 heterocycles. The van der Waals surface area contributed by atoms with E-state index in [1.54, 1.807) is 12.1 Å². The summed E-state index contributed by atoms with van der Waals surface area (Å²) in [6, 6.07) is 6.28. The Labute approximate surface area is 124 Å². The zero-order chi connectivity index (χ0) is 14.8. The molecule has 21 heavy (non-hydrogen) atoms. The first-order chi connectivity index (χ1) is 10.1. The van der Waals surface area contributed by atoms with Gasteiger partial charge in [-0.3, -0.25) is 4.79 Å². The van der Waals surface area contributed by atoms with Crippen LogP contribution in [0.1, 0.15) is 31.4 Å². The molecular formula is C16H21FN2O2. The highest BCUT2D eigenvalue weighted by Crippen LogP contribution is 2.26. The van der Waals surface area contributed by atoms with E-state index in [-0.39, 0.29) is 30.0 Å². The van der Waals surface area contributed by atoms with Gasteiger partial charge < -0.3 is 15.0 Å². The zero-order valence-electron chi connectivity index (χ0n) is 12.2. The highest BCUT2D eigenvalue weighted by molar-refractivity contribution is 5.82. The van der Waals surface area contributed by atoms with E-state index in [4.69, 9.17) is 4.74 Å². The summed E-state index contributed by atoms with van der Waals surface area (Å²) >= 11 is 0. The van der Waals surface area contributed by atoms with Gasteiger partial charge in [0.2, 0.25) is 5.91 Å². The molecule has 0 unspecified atom stereocenters. The maximum Gasteiger partial charge on any atom is 0.239 e. The third-order valence-corrected chi connectivity index (χ3v) is 4.17. The van der Waals surface area contributed by atoms with Gasteiger partial charge in [0.25, 0.3) is 0 Å². The molecule has 4 nitrogen and oxygen atoms in total. The molecule has 0 aliphatic carbocycles. The Morgan fingerprint density at radius 1 is 1.33 bits per heavy atom. The van der Waals surface area contributed by atoms with Gasteiger partial charge in [-0.15, -0.1) is 0 Å². The first-order valence-corrected chi connectivity index (χ1v) is 7.56. The quantitative estimate of drug-likeness (QED) is 0.905. The highest BCUT2D eigenvalue weighted by atomic mass is 19.1. The summed E-state index contributed by atoms with van der Waals surface area (Å²) in [6.45, 7) is 4.04. The molecule has 2 aliphatic heterocycles. The van der Waals surface area contributed by atoms with E-state index in [1.807, 2.05) is 11.8 Å². The van der Waals surface area contributed by atoms with Gasteiger partial charge in [-0.25, -0.2) is 4.39 Å². The summed E-state index contributed by atoms with van der Waals surface area (Å²) in [6.07, 6.45) is 1.77. The molecule has 2 aliphatic rings. The predicted octanol–water partition coefficient (Wildman–Crippen LogP) is 1.87. The number of hydrogen-bond acceptors (Lipinski definition) is 3. The number of carbonyl (C=O) groups excluding carboxylic acids is 1. The van der Waals surface area contributed by atoms with Crippen LogP contribution in [0.2, 0.25) is 0 Å². The SMILES string of the molecule is C[C@@H]1CN(C(=O)[C@H]2CCCN2)C[C@@H](c2ccc(F)cc2)O1. The van der Waals surface area contributed by atoms with Crippen LogP contribution in [0, 0.1) is 5.82 Å². The number of benzene rings is 1. The van der Waals surface area contributed by atoms with Crippen molar-refractivity contribution in [2.45, 2.75) is 38.0 Å². The minimum Gasteiger partial charge on any atom is -0.367 e. The molecule has 0 bridgehead atoms. The number of hydrogen-bond donors (Lipinski definition) is 1. The van der Waals surface area contributed by atoms with E-state index in [0.717, 1.165) is 24.9 Å². The summed E-state index contributed by atoms with van der Waals surface area (Å²) in [4.78, 5) is 14.4. The van der Waals surface area contributed by atoms with Crippen LogP contribution in [-0.4, -0.2) is 42.6 Å². The van der Waals surface area contributed by atoms with Crippen molar-refractivity contribution in [2.24, 2.45) is 0 Å². The van der Waals surface area contributed by atoms with Crippen LogP contribution < -0.4 is 5.32 Å². The Balaban J connectivity index is 1.71. The van der Waals surface area contributed by atoms with Crippen molar-refractivity contribution in [2.75, 3.05) is 19.6 Å². The van der Waals surface area contributed by atoms with E-state index in [2.05, 4.69) is 5.32 Å². The lowest BCUT2D eigenvalue weighted by molar-refractivity contribution is -0.146. The van der Waals surface area contributed by atoms with Crippen molar-refractivity contribution >= 4 is 5.91 Å². The van der Waals surface area contributed by atoms with E-state index in [0.29, 0.717) is 13.1 Å². The van der Waals surface area contributed by atoms with Gasteiger partial charge in [0, 0.05) is 6.54 Å². The molecule has 0 radical (unpaired) electrons. The summed E-state index contributed by atoms with van der Waals surface area (Å²) in [5.74, 6) is -0.0968. The van der Waals surface area contributed by atoms with Gasteiger partial charge in [0.05, 0.1) is 18.7 Å². The average Bonchev–Trinajstić information content (AvgIpc) is 3.00. The van der Waals surface area contributed by atoms with Crippen molar-refractivity contribution in [1.82, 2.24) is 10.2 Å². The van der Waals surface area contributed by atoms with E-state index in [9.17, 15) is 9.18 Å². The standard InChI is InChI=1S/C16H21FN2O2/c1-11-9-19(16(20)14-3-2-8-18-14)10-15(21-11)12-4-6-13(17)7-5-12/h4-7,11,14-15,18H,2-3,8-10H2,1H3/t11-,14-,15+/m1/s1. The van der Waals surface area contributed by atoms with Crippen molar-refractivity contribution in [3.8, 4) is 0 Å². The lowest BCUT2D eigenvalue weighted by atomic mass is 10.1. The van der Waals surface area contributed by atoms with E-state index < -0.39 is 0 Å². The van der Waals surface area contributed by atoms with Crippen molar-refractivity contribution in [3.63, 3.8) is 0 Å². The van der Waals surface area contributed by atoms with Crippen molar-refractivity contribution in [1.29, 1.82) is 0 Å². The minimum absolute atomic E-state index is 0.0147. The molecular weight excluding hydrogens is 271 g/mol. The maximum absolute atomic E-state index is 13.0. The molecule has 2 fully saturated rings. The highest BCUT2D eigenvalue weighted by Gasteiger charge is 2.33. The van der Waals surface area contributed by atoms with E-state index >= 15 is 0 Å². The minimum atomic E-state index is -0.259. The maximum atomic E-state index is 13.0. The fourth-order valence-corrected chi connectivity index (χ4v) is 3.11. The third kappa shape index (κ3) is 3.24. The second-order valence-corrected chi connectivity index (χ2v) is 5.88. The Kier molecular flexibility index (Phi) is 4.22. The molecule has 2 saturated heterocycles. The van der Waals surface area contributed by atoms with Gasteiger partial charge in [0.15, 0.2) is 0 Å². The summed E-state index contributed by atoms with van der Waals surface area (Å²) in [5, 5.41) is 3.25. The molecule has 0 aromatic heterocycles. The molecule has 1 aromatic carbocycles. The first kappa shape index (κ1) is 14.5. The van der Waals surface area contributed by atoms with Crippen LogP contribution >= 0.6 is 0 Å². The molecule has 0 saturated carbocycles. The molecule has 5 heteroatoms. The number of carbonyl (C=O) groups is 1. The van der Waals surface area contributed by atoms with Crippen LogP contribution in [0.25, 0.3) is 0 Å². The molecule has 1 N–H and O–H groups in total. The number of nitrogens with zero attached hydrogens (tertiary/aromatic N) is 1. The molecule has 3 rings (SSSR count). The Morgan fingerprint density at radius 3 is 2.76 bits per heavy atom. The van der Waals surface area contributed by atoms with Gasteiger partial charge in [-0.05, 0) is 44.0 Å². The molecule has 0 spiro atoms. The largest absolute Gasteiger partial charge is 0.367 e. The number of rotatable bonds is 2. The van der Waals surface area contributed by atoms with E-state index in [1.165, 1.54) is 12.1 Å². The lowest BCUT2D eigenvalue weighted by Gasteiger charge is -2.38. The smallest absolute Gasteiger partial charge is 0.239 e. The summed E-state index contributed by atoms with van der Waals surface area (Å²) < 4.78 is 18.9. The van der Waals surface area contributed by atoms with Crippen molar-refractivity contribution in [3.05, 3.63) is 35.6 Å². The number of morpholine rings is 1. The van der Waals surface area contributed by atoms with Crippen LogP contribution in [0.15, 0.2) is 24.3 Å². The number of amides is 1. The number of halogens is 1. The fourth-order valence-electron chi connectivity index (χ4n) is 3.11. The third-order valence-electron chi connectivity index (χ3n) is 4.17. The monoisotopic (exact) mass is 292 g/mol. The number of nitrogens with one attached hydrogen (secondary N) is 1.